The van der Waals surface area contributed by atoms with Crippen molar-refractivity contribution < 1.29 is 9.47 Å². The molecule has 0 aromatic carbocycles. The minimum absolute atomic E-state index is 0.271. The van der Waals surface area contributed by atoms with E-state index in [1.165, 1.54) is 0 Å². The van der Waals surface area contributed by atoms with Crippen LogP contribution in [0.2, 0.25) is 0 Å². The Morgan fingerprint density at radius 3 is 2.64 bits per heavy atom. The van der Waals surface area contributed by atoms with Crippen molar-refractivity contribution in [2.45, 2.75) is 13.8 Å². The molecule has 0 aromatic heterocycles. The van der Waals surface area contributed by atoms with Gasteiger partial charge in [0.05, 0.1) is 0 Å². The third kappa shape index (κ3) is 4.93. The first-order valence-electron chi connectivity index (χ1n) is 3.36. The zero-order chi connectivity index (χ0) is 8.69. The summed E-state index contributed by atoms with van der Waals surface area (Å²) in [4.78, 5) is 0.824. The Kier molecular flexibility index (Phi) is 6.07. The van der Waals surface area contributed by atoms with Gasteiger partial charge in [0.25, 0.3) is 0 Å². The van der Waals surface area contributed by atoms with Crippen LogP contribution in [0.25, 0.3) is 0 Å². The summed E-state index contributed by atoms with van der Waals surface area (Å²) in [7, 11) is 1.58. The summed E-state index contributed by atoms with van der Waals surface area (Å²) in [6.07, 6.45) is 3.77. The zero-order valence-electron chi connectivity index (χ0n) is 7.13. The highest BCUT2D eigenvalue weighted by Gasteiger charge is 1.93. The molecular formula is C8H14O2S. The summed E-state index contributed by atoms with van der Waals surface area (Å²) in [5, 5.41) is 0. The van der Waals surface area contributed by atoms with Crippen LogP contribution in [0, 0.1) is 0 Å². The zero-order valence-corrected chi connectivity index (χ0v) is 8.02. The number of ether oxygens (including phenoxy) is 2. The summed E-state index contributed by atoms with van der Waals surface area (Å²) >= 11 is 4.19. The van der Waals surface area contributed by atoms with Crippen LogP contribution in [0.3, 0.4) is 0 Å². The van der Waals surface area contributed by atoms with Crippen molar-refractivity contribution in [2.75, 3.05) is 13.9 Å². The minimum Gasteiger partial charge on any atom is -0.471 e. The number of hydrogen-bond donors (Lipinski definition) is 1. The van der Waals surface area contributed by atoms with Crippen LogP contribution in [0.1, 0.15) is 13.8 Å². The van der Waals surface area contributed by atoms with E-state index < -0.39 is 0 Å². The summed E-state index contributed by atoms with van der Waals surface area (Å²) in [6.45, 7) is 4.05. The van der Waals surface area contributed by atoms with Crippen LogP contribution in [0.4, 0.5) is 0 Å². The second-order valence-electron chi connectivity index (χ2n) is 1.99. The van der Waals surface area contributed by atoms with E-state index in [2.05, 4.69) is 12.6 Å². The SMILES string of the molecule is C/C=C\C(S)=C(/C)OCOC. The van der Waals surface area contributed by atoms with E-state index in [0.29, 0.717) is 0 Å². The maximum absolute atomic E-state index is 5.14. The van der Waals surface area contributed by atoms with Gasteiger partial charge in [0, 0.05) is 12.0 Å². The van der Waals surface area contributed by atoms with Gasteiger partial charge in [-0.3, -0.25) is 0 Å². The molecule has 0 spiro atoms. The molecule has 64 valence electrons. The van der Waals surface area contributed by atoms with Crippen LogP contribution < -0.4 is 0 Å². The monoisotopic (exact) mass is 174 g/mol. The van der Waals surface area contributed by atoms with Gasteiger partial charge in [0.1, 0.15) is 5.76 Å². The molecule has 0 N–H and O–H groups in total. The minimum atomic E-state index is 0.271. The molecule has 11 heavy (non-hydrogen) atoms. The fourth-order valence-corrected chi connectivity index (χ4v) is 0.710. The van der Waals surface area contributed by atoms with E-state index in [9.17, 15) is 0 Å². The molecule has 0 aliphatic heterocycles. The lowest BCUT2D eigenvalue weighted by Gasteiger charge is -2.05. The largest absolute Gasteiger partial charge is 0.471 e. The Morgan fingerprint density at radius 1 is 1.55 bits per heavy atom. The quantitative estimate of drug-likeness (QED) is 0.305. The van der Waals surface area contributed by atoms with E-state index in [1.807, 2.05) is 26.0 Å². The van der Waals surface area contributed by atoms with E-state index >= 15 is 0 Å². The van der Waals surface area contributed by atoms with Gasteiger partial charge in [-0.05, 0) is 19.9 Å². The molecular weight excluding hydrogens is 160 g/mol. The Morgan fingerprint density at radius 2 is 2.18 bits per heavy atom. The first kappa shape index (κ1) is 10.6. The Bertz CT molecular complexity index is 161. The van der Waals surface area contributed by atoms with Crippen LogP contribution in [-0.4, -0.2) is 13.9 Å². The molecule has 0 amide bonds. The molecule has 0 heterocycles. The fraction of sp³-hybridized carbons (Fsp3) is 0.500. The molecule has 0 radical (unpaired) electrons. The van der Waals surface area contributed by atoms with Crippen molar-refractivity contribution in [1.82, 2.24) is 0 Å². The average Bonchev–Trinajstić information content (AvgIpc) is 2.00. The Hall–Kier alpha value is -0.410. The average molecular weight is 174 g/mol. The molecule has 0 saturated carbocycles. The van der Waals surface area contributed by atoms with Crippen LogP contribution in [0.5, 0.6) is 0 Å². The summed E-state index contributed by atoms with van der Waals surface area (Å²) < 4.78 is 9.86. The fourth-order valence-electron chi connectivity index (χ4n) is 0.496. The van der Waals surface area contributed by atoms with Crippen molar-refractivity contribution in [2.24, 2.45) is 0 Å². The smallest absolute Gasteiger partial charge is 0.188 e. The van der Waals surface area contributed by atoms with Crippen molar-refractivity contribution in [3.63, 3.8) is 0 Å². The summed E-state index contributed by atoms with van der Waals surface area (Å²) in [5.41, 5.74) is 0. The highest BCUT2D eigenvalue weighted by Crippen LogP contribution is 2.10. The molecule has 0 fully saturated rings. The first-order valence-corrected chi connectivity index (χ1v) is 3.81. The molecule has 0 rings (SSSR count). The molecule has 0 aromatic rings. The van der Waals surface area contributed by atoms with Gasteiger partial charge in [-0.1, -0.05) is 6.08 Å². The van der Waals surface area contributed by atoms with Crippen molar-refractivity contribution in [1.29, 1.82) is 0 Å². The lowest BCUT2D eigenvalue weighted by atomic mass is 10.4. The molecule has 0 atom stereocenters. The second-order valence-corrected chi connectivity index (χ2v) is 2.47. The van der Waals surface area contributed by atoms with Gasteiger partial charge in [0.2, 0.25) is 0 Å². The van der Waals surface area contributed by atoms with E-state index in [-0.39, 0.29) is 6.79 Å². The van der Waals surface area contributed by atoms with Crippen molar-refractivity contribution in [3.8, 4) is 0 Å². The predicted molar refractivity (Wildman–Crippen MR) is 49.5 cm³/mol. The van der Waals surface area contributed by atoms with Gasteiger partial charge in [-0.15, -0.1) is 12.6 Å². The Balaban J connectivity index is 3.94. The van der Waals surface area contributed by atoms with Gasteiger partial charge >= 0.3 is 0 Å². The maximum Gasteiger partial charge on any atom is 0.188 e. The number of methoxy groups -OCH3 is 1. The highest BCUT2D eigenvalue weighted by atomic mass is 32.1. The van der Waals surface area contributed by atoms with Gasteiger partial charge in [-0.25, -0.2) is 0 Å². The van der Waals surface area contributed by atoms with E-state index in [4.69, 9.17) is 9.47 Å². The topological polar surface area (TPSA) is 18.5 Å². The normalized spacial score (nSPS) is 13.5. The van der Waals surface area contributed by atoms with Crippen molar-refractivity contribution in [3.05, 3.63) is 22.8 Å². The second kappa shape index (κ2) is 6.31. The molecule has 0 saturated heterocycles. The number of thiol groups is 1. The number of rotatable bonds is 4. The van der Waals surface area contributed by atoms with Crippen LogP contribution in [-0.2, 0) is 9.47 Å². The molecule has 0 aliphatic carbocycles. The van der Waals surface area contributed by atoms with Crippen LogP contribution >= 0.6 is 12.6 Å². The van der Waals surface area contributed by atoms with Gasteiger partial charge in [0.15, 0.2) is 6.79 Å². The third-order valence-corrected chi connectivity index (χ3v) is 1.54. The molecule has 0 aliphatic rings. The lowest BCUT2D eigenvalue weighted by Crippen LogP contribution is -1.94. The standard InChI is InChI=1S/C8H14O2S/c1-4-5-8(11)7(2)10-6-9-3/h4-5,11H,6H2,1-3H3/b5-4-,8-7-. The number of hydrogen-bond acceptors (Lipinski definition) is 3. The predicted octanol–water partition coefficient (Wildman–Crippen LogP) is 2.34. The molecule has 3 heteroatoms. The van der Waals surface area contributed by atoms with E-state index in [0.717, 1.165) is 10.7 Å². The summed E-state index contributed by atoms with van der Waals surface area (Å²) in [5.74, 6) is 0.772. The van der Waals surface area contributed by atoms with Crippen LogP contribution in [0.15, 0.2) is 22.8 Å². The van der Waals surface area contributed by atoms with Gasteiger partial charge in [-0.2, -0.15) is 0 Å². The first-order chi connectivity index (χ1) is 5.22. The molecule has 0 unspecified atom stereocenters. The van der Waals surface area contributed by atoms with E-state index in [1.54, 1.807) is 7.11 Å². The Labute approximate surface area is 73.3 Å². The molecule has 0 bridgehead atoms. The summed E-state index contributed by atoms with van der Waals surface area (Å²) in [6, 6.07) is 0. The highest BCUT2D eigenvalue weighted by molar-refractivity contribution is 7.84. The lowest BCUT2D eigenvalue weighted by molar-refractivity contribution is 0.00599. The third-order valence-electron chi connectivity index (χ3n) is 1.08. The maximum atomic E-state index is 5.14. The number of allylic oxidation sites excluding steroid dienone is 3. The van der Waals surface area contributed by atoms with Crippen molar-refractivity contribution >= 4 is 12.6 Å². The van der Waals surface area contributed by atoms with Gasteiger partial charge < -0.3 is 9.47 Å². The molecule has 2 nitrogen and oxygen atoms in total.